The Morgan fingerprint density at radius 2 is 1.92 bits per heavy atom. The molecule has 2 aromatic heterocycles. The molecule has 2 aromatic rings. The number of likely N-dealkylation sites (tertiary alicyclic amines) is 1. The summed E-state index contributed by atoms with van der Waals surface area (Å²) in [6, 6.07) is 0. The van der Waals surface area contributed by atoms with Gasteiger partial charge in [0.15, 0.2) is 0 Å². The van der Waals surface area contributed by atoms with Crippen LogP contribution in [0.3, 0.4) is 0 Å². The Morgan fingerprint density at radius 3 is 2.54 bits per heavy atom. The minimum atomic E-state index is -0.0955. The molecule has 0 saturated carbocycles. The SMILES string of the molecule is CCn1nc(C)c(C(=O)N2CCCC(c3nn(C)c(=O)n3CC)C2)c1C. The first kappa shape index (κ1) is 18.4. The molecule has 1 aliphatic rings. The molecule has 142 valence electrons. The lowest BCUT2D eigenvalue weighted by molar-refractivity contribution is 0.0701. The summed E-state index contributed by atoms with van der Waals surface area (Å²) in [5.41, 5.74) is 2.31. The summed E-state index contributed by atoms with van der Waals surface area (Å²) in [4.78, 5) is 27.2. The minimum absolute atomic E-state index is 0.0331. The average molecular weight is 360 g/mol. The first-order chi connectivity index (χ1) is 12.4. The molecule has 3 heterocycles. The van der Waals surface area contributed by atoms with E-state index in [2.05, 4.69) is 10.2 Å². The number of rotatable bonds is 4. The number of piperidine rings is 1. The molecule has 0 aliphatic carbocycles. The Kier molecular flexibility index (Phi) is 5.02. The van der Waals surface area contributed by atoms with Crippen molar-refractivity contribution in [1.29, 1.82) is 0 Å². The van der Waals surface area contributed by atoms with Gasteiger partial charge in [-0.1, -0.05) is 0 Å². The van der Waals surface area contributed by atoms with Crippen molar-refractivity contribution in [1.82, 2.24) is 29.0 Å². The van der Waals surface area contributed by atoms with Gasteiger partial charge in [-0.05, 0) is 40.5 Å². The molecule has 0 N–H and O–H groups in total. The van der Waals surface area contributed by atoms with E-state index >= 15 is 0 Å². The van der Waals surface area contributed by atoms with Gasteiger partial charge in [0.2, 0.25) is 0 Å². The molecule has 3 rings (SSSR count). The van der Waals surface area contributed by atoms with E-state index in [0.29, 0.717) is 18.7 Å². The fourth-order valence-corrected chi connectivity index (χ4v) is 3.97. The third-order valence-electron chi connectivity index (χ3n) is 5.32. The molecule has 0 spiro atoms. The van der Waals surface area contributed by atoms with Crippen LogP contribution in [0, 0.1) is 13.8 Å². The maximum Gasteiger partial charge on any atom is 0.345 e. The molecular formula is C18H28N6O2. The van der Waals surface area contributed by atoms with Gasteiger partial charge in [0, 0.05) is 44.8 Å². The van der Waals surface area contributed by atoms with E-state index in [0.717, 1.165) is 43.1 Å². The van der Waals surface area contributed by atoms with Crippen molar-refractivity contribution in [3.63, 3.8) is 0 Å². The van der Waals surface area contributed by atoms with Crippen molar-refractivity contribution < 1.29 is 4.79 Å². The normalized spacial score (nSPS) is 17.7. The Morgan fingerprint density at radius 1 is 1.19 bits per heavy atom. The quantitative estimate of drug-likeness (QED) is 0.827. The molecule has 1 saturated heterocycles. The van der Waals surface area contributed by atoms with Gasteiger partial charge in [-0.25, -0.2) is 9.48 Å². The number of aryl methyl sites for hydroxylation is 3. The Bertz CT molecular complexity index is 875. The fraction of sp³-hybridized carbons (Fsp3) is 0.667. The van der Waals surface area contributed by atoms with Crippen LogP contribution in [0.1, 0.15) is 60.2 Å². The van der Waals surface area contributed by atoms with Crippen molar-refractivity contribution >= 4 is 5.91 Å². The van der Waals surface area contributed by atoms with Crippen LogP contribution in [0.15, 0.2) is 4.79 Å². The summed E-state index contributed by atoms with van der Waals surface area (Å²) in [6.45, 7) is 10.5. The second kappa shape index (κ2) is 7.09. The monoisotopic (exact) mass is 360 g/mol. The van der Waals surface area contributed by atoms with Gasteiger partial charge < -0.3 is 4.90 Å². The van der Waals surface area contributed by atoms with Gasteiger partial charge in [-0.3, -0.25) is 14.0 Å². The number of amides is 1. The highest BCUT2D eigenvalue weighted by Crippen LogP contribution is 2.27. The molecule has 26 heavy (non-hydrogen) atoms. The number of nitrogens with zero attached hydrogens (tertiary/aromatic N) is 6. The summed E-state index contributed by atoms with van der Waals surface area (Å²) in [5, 5.41) is 8.91. The number of aromatic nitrogens is 5. The van der Waals surface area contributed by atoms with Gasteiger partial charge in [-0.2, -0.15) is 10.2 Å². The molecule has 0 aromatic carbocycles. The Balaban J connectivity index is 1.87. The molecule has 0 radical (unpaired) electrons. The van der Waals surface area contributed by atoms with E-state index < -0.39 is 0 Å². The maximum absolute atomic E-state index is 13.2. The molecule has 1 fully saturated rings. The standard InChI is InChI=1S/C18H28N6O2/c1-6-23-16(20-21(5)18(23)26)14-9-8-10-22(11-14)17(25)15-12(3)19-24(7-2)13(15)4/h14H,6-11H2,1-5H3. The van der Waals surface area contributed by atoms with E-state index in [1.807, 2.05) is 37.3 Å². The first-order valence-corrected chi connectivity index (χ1v) is 9.36. The third kappa shape index (κ3) is 2.97. The average Bonchev–Trinajstić information content (AvgIpc) is 3.09. The van der Waals surface area contributed by atoms with Gasteiger partial charge in [0.05, 0.1) is 11.3 Å². The van der Waals surface area contributed by atoms with Crippen LogP contribution < -0.4 is 5.69 Å². The van der Waals surface area contributed by atoms with Crippen molar-refractivity contribution in [2.75, 3.05) is 13.1 Å². The Labute approximate surface area is 153 Å². The number of carbonyl (C=O) groups excluding carboxylic acids is 1. The van der Waals surface area contributed by atoms with Gasteiger partial charge in [0.25, 0.3) is 5.91 Å². The van der Waals surface area contributed by atoms with E-state index in [-0.39, 0.29) is 17.5 Å². The van der Waals surface area contributed by atoms with Crippen LogP contribution in [0.5, 0.6) is 0 Å². The van der Waals surface area contributed by atoms with Gasteiger partial charge >= 0.3 is 5.69 Å². The second-order valence-corrected chi connectivity index (χ2v) is 6.96. The van der Waals surface area contributed by atoms with Crippen LogP contribution in [-0.2, 0) is 20.1 Å². The zero-order valence-corrected chi connectivity index (χ0v) is 16.3. The summed E-state index contributed by atoms with van der Waals surface area (Å²) < 4.78 is 4.97. The first-order valence-electron chi connectivity index (χ1n) is 9.36. The van der Waals surface area contributed by atoms with E-state index in [1.165, 1.54) is 4.68 Å². The zero-order chi connectivity index (χ0) is 19.0. The van der Waals surface area contributed by atoms with E-state index in [1.54, 1.807) is 11.6 Å². The van der Waals surface area contributed by atoms with Crippen molar-refractivity contribution in [3.8, 4) is 0 Å². The largest absolute Gasteiger partial charge is 0.345 e. The molecule has 8 nitrogen and oxygen atoms in total. The van der Waals surface area contributed by atoms with Crippen LogP contribution in [0.25, 0.3) is 0 Å². The Hall–Kier alpha value is -2.38. The van der Waals surface area contributed by atoms with Crippen molar-refractivity contribution in [3.05, 3.63) is 33.3 Å². The van der Waals surface area contributed by atoms with Crippen LogP contribution >= 0.6 is 0 Å². The number of carbonyl (C=O) groups is 1. The molecular weight excluding hydrogens is 332 g/mol. The fourth-order valence-electron chi connectivity index (χ4n) is 3.97. The highest BCUT2D eigenvalue weighted by atomic mass is 16.2. The number of hydrogen-bond acceptors (Lipinski definition) is 4. The summed E-state index contributed by atoms with van der Waals surface area (Å²) in [6.07, 6.45) is 1.84. The van der Waals surface area contributed by atoms with Crippen LogP contribution in [-0.4, -0.2) is 48.0 Å². The smallest absolute Gasteiger partial charge is 0.338 e. The number of hydrogen-bond donors (Lipinski definition) is 0. The molecule has 8 heteroatoms. The van der Waals surface area contributed by atoms with Crippen LogP contribution in [0.2, 0.25) is 0 Å². The van der Waals surface area contributed by atoms with Crippen molar-refractivity contribution in [2.24, 2.45) is 7.05 Å². The van der Waals surface area contributed by atoms with E-state index in [4.69, 9.17) is 0 Å². The highest BCUT2D eigenvalue weighted by molar-refractivity contribution is 5.96. The highest BCUT2D eigenvalue weighted by Gasteiger charge is 2.31. The summed E-state index contributed by atoms with van der Waals surface area (Å²) in [7, 11) is 1.68. The zero-order valence-electron chi connectivity index (χ0n) is 16.3. The maximum atomic E-state index is 13.2. The topological polar surface area (TPSA) is 78.0 Å². The second-order valence-electron chi connectivity index (χ2n) is 6.96. The molecule has 0 bridgehead atoms. The van der Waals surface area contributed by atoms with E-state index in [9.17, 15) is 9.59 Å². The molecule has 1 atom stereocenters. The predicted molar refractivity (Wildman–Crippen MR) is 98.4 cm³/mol. The third-order valence-corrected chi connectivity index (χ3v) is 5.32. The lowest BCUT2D eigenvalue weighted by Crippen LogP contribution is -2.40. The predicted octanol–water partition coefficient (Wildman–Crippen LogP) is 1.45. The van der Waals surface area contributed by atoms with Crippen molar-refractivity contribution in [2.45, 2.75) is 59.5 Å². The minimum Gasteiger partial charge on any atom is -0.338 e. The molecule has 1 unspecified atom stereocenters. The van der Waals surface area contributed by atoms with Gasteiger partial charge in [0.1, 0.15) is 5.82 Å². The summed E-state index contributed by atoms with van der Waals surface area (Å²) >= 11 is 0. The lowest BCUT2D eigenvalue weighted by atomic mass is 9.96. The molecule has 1 aliphatic heterocycles. The summed E-state index contributed by atoms with van der Waals surface area (Å²) in [5.74, 6) is 0.907. The molecule has 1 amide bonds. The van der Waals surface area contributed by atoms with Crippen LogP contribution in [0.4, 0.5) is 0 Å². The van der Waals surface area contributed by atoms with Gasteiger partial charge in [-0.15, -0.1) is 0 Å². The lowest BCUT2D eigenvalue weighted by Gasteiger charge is -2.32.